The van der Waals surface area contributed by atoms with Crippen LogP contribution in [0.2, 0.25) is 0 Å². The van der Waals surface area contributed by atoms with Crippen LogP contribution in [0, 0.1) is 0 Å². The van der Waals surface area contributed by atoms with E-state index in [0.29, 0.717) is 13.0 Å². The Balaban J connectivity index is 1.52. The first kappa shape index (κ1) is 21.0. The molecule has 0 fully saturated rings. The number of nitrogens with one attached hydrogen (secondary N) is 1. The Bertz CT molecular complexity index is 1290. The third kappa shape index (κ3) is 4.02. The summed E-state index contributed by atoms with van der Waals surface area (Å²) < 4.78 is 2.09. The summed E-state index contributed by atoms with van der Waals surface area (Å²) in [6.45, 7) is 0.445. The summed E-state index contributed by atoms with van der Waals surface area (Å²) in [6, 6.07) is 25.9. The third-order valence-electron chi connectivity index (χ3n) is 6.66. The van der Waals surface area contributed by atoms with Gasteiger partial charge in [-0.3, -0.25) is 9.59 Å². The van der Waals surface area contributed by atoms with E-state index in [0.717, 1.165) is 27.5 Å². The highest BCUT2D eigenvalue weighted by atomic mass is 16.2. The zero-order valence-corrected chi connectivity index (χ0v) is 18.6. The van der Waals surface area contributed by atoms with Crippen molar-refractivity contribution >= 4 is 22.6 Å². The van der Waals surface area contributed by atoms with Crippen molar-refractivity contribution in [2.24, 2.45) is 0 Å². The molecule has 0 aliphatic carbocycles. The smallest absolute Gasteiger partial charge is 0.242 e. The van der Waals surface area contributed by atoms with Crippen molar-refractivity contribution in [2.45, 2.75) is 31.5 Å². The minimum atomic E-state index is -0.504. The van der Waals surface area contributed by atoms with Crippen LogP contribution in [-0.2, 0) is 22.6 Å². The Morgan fingerprint density at radius 3 is 2.39 bits per heavy atom. The molecule has 0 radical (unpaired) electrons. The minimum absolute atomic E-state index is 0.0234. The fourth-order valence-electron chi connectivity index (χ4n) is 4.94. The molecule has 2 heterocycles. The van der Waals surface area contributed by atoms with E-state index in [-0.39, 0.29) is 24.3 Å². The first-order chi connectivity index (χ1) is 16.2. The molecule has 2 amide bonds. The molecule has 1 aliphatic rings. The van der Waals surface area contributed by atoms with Gasteiger partial charge < -0.3 is 14.8 Å². The normalized spacial score (nSPS) is 16.3. The number of hydrogen-bond acceptors (Lipinski definition) is 2. The number of fused-ring (bicyclic) bond motifs is 2. The Labute approximate surface area is 193 Å². The number of rotatable bonds is 5. The van der Waals surface area contributed by atoms with E-state index in [2.05, 4.69) is 34.1 Å². The van der Waals surface area contributed by atoms with E-state index in [9.17, 15) is 9.59 Å². The summed E-state index contributed by atoms with van der Waals surface area (Å²) in [4.78, 5) is 28.3. The van der Waals surface area contributed by atoms with Crippen LogP contribution >= 0.6 is 0 Å². The van der Waals surface area contributed by atoms with Gasteiger partial charge in [-0.15, -0.1) is 0 Å². The van der Waals surface area contributed by atoms with Crippen molar-refractivity contribution < 1.29 is 9.59 Å². The molecular weight excluding hydrogens is 410 g/mol. The van der Waals surface area contributed by atoms with Gasteiger partial charge in [0.1, 0.15) is 6.04 Å². The van der Waals surface area contributed by atoms with Crippen LogP contribution in [-0.4, -0.2) is 34.4 Å². The molecule has 5 heteroatoms. The van der Waals surface area contributed by atoms with Crippen LogP contribution in [0.3, 0.4) is 0 Å². The maximum Gasteiger partial charge on any atom is 0.242 e. The van der Waals surface area contributed by atoms with Gasteiger partial charge >= 0.3 is 0 Å². The number of likely N-dealkylation sites (N-methyl/N-ethyl adjacent to an activating group) is 1. The standard InChI is InChI=1S/C28H27N3O2/c1-29-28(33)26-17-21-10-2-3-11-22(21)19-31(26)27(32)18-25(30-15-6-7-16-30)24-14-8-12-20-9-4-5-13-23(20)24/h2-16,25-26H,17-19H2,1H3,(H,29,33)/t25-,26-/m0/s1. The number of aromatic nitrogens is 1. The van der Waals surface area contributed by atoms with Crippen LogP contribution in [0.5, 0.6) is 0 Å². The summed E-state index contributed by atoms with van der Waals surface area (Å²) in [5.74, 6) is -0.148. The zero-order chi connectivity index (χ0) is 22.8. The minimum Gasteiger partial charge on any atom is -0.357 e. The molecule has 0 saturated heterocycles. The number of nitrogens with zero attached hydrogens (tertiary/aromatic N) is 2. The molecule has 1 N–H and O–H groups in total. The zero-order valence-electron chi connectivity index (χ0n) is 18.6. The predicted molar refractivity (Wildman–Crippen MR) is 130 cm³/mol. The van der Waals surface area contributed by atoms with E-state index in [4.69, 9.17) is 0 Å². The van der Waals surface area contributed by atoms with E-state index < -0.39 is 6.04 Å². The van der Waals surface area contributed by atoms with Gasteiger partial charge in [-0.2, -0.15) is 0 Å². The average Bonchev–Trinajstić information content (AvgIpc) is 3.40. The highest BCUT2D eigenvalue weighted by Gasteiger charge is 2.35. The van der Waals surface area contributed by atoms with Crippen LogP contribution in [0.4, 0.5) is 0 Å². The lowest BCUT2D eigenvalue weighted by Gasteiger charge is -2.37. The average molecular weight is 438 g/mol. The molecule has 2 atom stereocenters. The lowest BCUT2D eigenvalue weighted by molar-refractivity contribution is -0.142. The molecule has 0 spiro atoms. The second-order valence-corrected chi connectivity index (χ2v) is 8.54. The van der Waals surface area contributed by atoms with Crippen molar-refractivity contribution in [1.29, 1.82) is 0 Å². The van der Waals surface area contributed by atoms with E-state index in [1.165, 1.54) is 0 Å². The summed E-state index contributed by atoms with van der Waals surface area (Å²) in [5.41, 5.74) is 3.34. The molecule has 4 aromatic rings. The number of amides is 2. The number of hydrogen-bond donors (Lipinski definition) is 1. The van der Waals surface area contributed by atoms with Crippen molar-refractivity contribution in [2.75, 3.05) is 7.05 Å². The third-order valence-corrected chi connectivity index (χ3v) is 6.66. The molecular formula is C28H27N3O2. The Hall–Kier alpha value is -3.86. The molecule has 0 saturated carbocycles. The summed E-state index contributed by atoms with van der Waals surface area (Å²) in [6.07, 6.45) is 4.81. The quantitative estimate of drug-likeness (QED) is 0.506. The fraction of sp³-hybridized carbons (Fsp3) is 0.214. The van der Waals surface area contributed by atoms with E-state index >= 15 is 0 Å². The number of benzene rings is 3. The Morgan fingerprint density at radius 1 is 0.909 bits per heavy atom. The second-order valence-electron chi connectivity index (χ2n) is 8.54. The van der Waals surface area contributed by atoms with Crippen LogP contribution in [0.15, 0.2) is 91.3 Å². The molecule has 3 aromatic carbocycles. The second kappa shape index (κ2) is 8.94. The molecule has 5 nitrogen and oxygen atoms in total. The SMILES string of the molecule is CNC(=O)[C@@H]1Cc2ccccc2CN1C(=O)C[C@@H](c1cccc2ccccc12)n1cccc1. The highest BCUT2D eigenvalue weighted by molar-refractivity contribution is 5.90. The van der Waals surface area contributed by atoms with E-state index in [1.54, 1.807) is 11.9 Å². The fourth-order valence-corrected chi connectivity index (χ4v) is 4.94. The molecule has 0 unspecified atom stereocenters. The van der Waals surface area contributed by atoms with Gasteiger partial charge in [0.2, 0.25) is 11.8 Å². The van der Waals surface area contributed by atoms with Gasteiger partial charge in [0, 0.05) is 32.4 Å². The van der Waals surface area contributed by atoms with Gasteiger partial charge in [-0.1, -0.05) is 66.7 Å². The molecule has 33 heavy (non-hydrogen) atoms. The molecule has 5 rings (SSSR count). The number of carbonyl (C=O) groups is 2. The highest BCUT2D eigenvalue weighted by Crippen LogP contribution is 2.32. The Kier molecular flexibility index (Phi) is 5.69. The maximum absolute atomic E-state index is 13.8. The van der Waals surface area contributed by atoms with Crippen molar-refractivity contribution in [3.63, 3.8) is 0 Å². The monoisotopic (exact) mass is 437 g/mol. The molecule has 0 bridgehead atoms. The van der Waals surface area contributed by atoms with Gasteiger partial charge in [0.15, 0.2) is 0 Å². The number of carbonyl (C=O) groups excluding carboxylic acids is 2. The molecule has 1 aliphatic heterocycles. The molecule has 1 aromatic heterocycles. The molecule has 166 valence electrons. The van der Waals surface area contributed by atoms with E-state index in [1.807, 2.05) is 67.0 Å². The summed E-state index contributed by atoms with van der Waals surface area (Å²) in [5, 5.41) is 5.03. The van der Waals surface area contributed by atoms with Crippen LogP contribution in [0.1, 0.15) is 29.2 Å². The maximum atomic E-state index is 13.8. The largest absolute Gasteiger partial charge is 0.357 e. The summed E-state index contributed by atoms with van der Waals surface area (Å²) in [7, 11) is 1.63. The first-order valence-electron chi connectivity index (χ1n) is 11.3. The summed E-state index contributed by atoms with van der Waals surface area (Å²) >= 11 is 0. The first-order valence-corrected chi connectivity index (χ1v) is 11.3. The van der Waals surface area contributed by atoms with Crippen LogP contribution < -0.4 is 5.32 Å². The lowest BCUT2D eigenvalue weighted by atomic mass is 9.91. The van der Waals surface area contributed by atoms with Gasteiger partial charge in [-0.05, 0) is 39.6 Å². The van der Waals surface area contributed by atoms with Gasteiger partial charge in [-0.25, -0.2) is 0 Å². The van der Waals surface area contributed by atoms with Gasteiger partial charge in [0.25, 0.3) is 0 Å². The van der Waals surface area contributed by atoms with Crippen LogP contribution in [0.25, 0.3) is 10.8 Å². The van der Waals surface area contributed by atoms with Crippen molar-refractivity contribution in [3.05, 3.63) is 108 Å². The van der Waals surface area contributed by atoms with Crippen molar-refractivity contribution in [1.82, 2.24) is 14.8 Å². The Morgan fingerprint density at radius 2 is 1.61 bits per heavy atom. The van der Waals surface area contributed by atoms with Crippen molar-refractivity contribution in [3.8, 4) is 0 Å². The van der Waals surface area contributed by atoms with Gasteiger partial charge in [0.05, 0.1) is 12.5 Å². The lowest BCUT2D eigenvalue weighted by Crippen LogP contribution is -2.52. The predicted octanol–water partition coefficient (Wildman–Crippen LogP) is 4.32. The topological polar surface area (TPSA) is 54.3 Å².